The summed E-state index contributed by atoms with van der Waals surface area (Å²) >= 11 is 0. The van der Waals surface area contributed by atoms with Crippen LogP contribution in [0.2, 0.25) is 0 Å². The van der Waals surface area contributed by atoms with E-state index in [1.54, 1.807) is 0 Å². The van der Waals surface area contributed by atoms with Gasteiger partial charge in [0.05, 0.1) is 17.3 Å². The maximum absolute atomic E-state index is 11.1. The molecule has 5 N–H and O–H groups in total. The highest BCUT2D eigenvalue weighted by molar-refractivity contribution is 5.96. The van der Waals surface area contributed by atoms with E-state index in [2.05, 4.69) is 5.10 Å². The van der Waals surface area contributed by atoms with E-state index in [-0.39, 0.29) is 28.2 Å². The van der Waals surface area contributed by atoms with Crippen LogP contribution in [0.3, 0.4) is 0 Å². The zero-order valence-corrected chi connectivity index (χ0v) is 11.5. The second kappa shape index (κ2) is 6.43. The number of carboxylic acid groups (broad SMARTS) is 2. The predicted molar refractivity (Wildman–Crippen MR) is 78.4 cm³/mol. The van der Waals surface area contributed by atoms with Crippen molar-refractivity contribution in [2.24, 2.45) is 10.8 Å². The molecule has 2 aromatic rings. The molecule has 0 saturated carbocycles. The van der Waals surface area contributed by atoms with Gasteiger partial charge in [-0.2, -0.15) is 5.10 Å². The van der Waals surface area contributed by atoms with E-state index < -0.39 is 18.0 Å². The van der Waals surface area contributed by atoms with Crippen LogP contribution in [0, 0.1) is 0 Å². The number of primary amides is 1. The van der Waals surface area contributed by atoms with Crippen LogP contribution in [-0.4, -0.2) is 34.4 Å². The summed E-state index contributed by atoms with van der Waals surface area (Å²) in [5, 5.41) is 21.6. The van der Waals surface area contributed by atoms with Gasteiger partial charge in [-0.25, -0.2) is 19.8 Å². The Kier molecular flexibility index (Phi) is 4.41. The van der Waals surface area contributed by atoms with Crippen LogP contribution in [0.5, 0.6) is 0 Å². The van der Waals surface area contributed by atoms with Crippen molar-refractivity contribution in [3.8, 4) is 11.3 Å². The summed E-state index contributed by atoms with van der Waals surface area (Å²) < 4.78 is 5.39. The van der Waals surface area contributed by atoms with E-state index in [0.29, 0.717) is 0 Å². The van der Waals surface area contributed by atoms with Gasteiger partial charge in [0.1, 0.15) is 11.5 Å². The van der Waals surface area contributed by atoms with Gasteiger partial charge in [0.25, 0.3) is 0 Å². The number of furan rings is 1. The predicted octanol–water partition coefficient (Wildman–Crippen LogP) is 1.35. The van der Waals surface area contributed by atoms with E-state index in [4.69, 9.17) is 20.4 Å². The molecule has 0 atom stereocenters. The molecule has 0 saturated heterocycles. The Hall–Kier alpha value is -3.62. The van der Waals surface area contributed by atoms with Gasteiger partial charge in [-0.1, -0.05) is 0 Å². The molecule has 1 heterocycles. The van der Waals surface area contributed by atoms with Crippen LogP contribution in [0.1, 0.15) is 26.5 Å². The third kappa shape index (κ3) is 3.94. The molecule has 0 radical (unpaired) electrons. The molecule has 0 unspecified atom stereocenters. The number of nitrogens with zero attached hydrogens (tertiary/aromatic N) is 1. The fourth-order valence-electron chi connectivity index (χ4n) is 1.75. The van der Waals surface area contributed by atoms with Crippen molar-refractivity contribution in [2.75, 3.05) is 0 Å². The fourth-order valence-corrected chi connectivity index (χ4v) is 1.75. The lowest BCUT2D eigenvalue weighted by Gasteiger charge is -2.03. The first kappa shape index (κ1) is 15.8. The van der Waals surface area contributed by atoms with Crippen LogP contribution < -0.4 is 11.2 Å². The van der Waals surface area contributed by atoms with Crippen molar-refractivity contribution in [3.05, 3.63) is 47.2 Å². The zero-order valence-electron chi connectivity index (χ0n) is 11.5. The Labute approximate surface area is 129 Å². The molecule has 0 aliphatic carbocycles. The Morgan fingerprint density at radius 3 is 2.22 bits per heavy atom. The molecule has 0 aliphatic rings. The molecule has 23 heavy (non-hydrogen) atoms. The number of hydrogen-bond donors (Lipinski definition) is 4. The summed E-state index contributed by atoms with van der Waals surface area (Å²) in [6, 6.07) is 5.81. The van der Waals surface area contributed by atoms with Gasteiger partial charge in [-0.05, 0) is 30.3 Å². The van der Waals surface area contributed by atoms with Gasteiger partial charge < -0.3 is 20.4 Å². The van der Waals surface area contributed by atoms with Gasteiger partial charge >= 0.3 is 18.0 Å². The number of aromatic carboxylic acids is 2. The van der Waals surface area contributed by atoms with Gasteiger partial charge in [0, 0.05) is 5.56 Å². The smallest absolute Gasteiger partial charge is 0.335 e. The Bertz CT molecular complexity index is 776. The summed E-state index contributed by atoms with van der Waals surface area (Å²) in [4.78, 5) is 32.6. The van der Waals surface area contributed by atoms with Crippen molar-refractivity contribution in [1.82, 2.24) is 5.43 Å². The lowest BCUT2D eigenvalue weighted by Crippen LogP contribution is -2.24. The van der Waals surface area contributed by atoms with Crippen LogP contribution in [0.15, 0.2) is 39.9 Å². The summed E-state index contributed by atoms with van der Waals surface area (Å²) in [6.45, 7) is 0. The van der Waals surface area contributed by atoms with Crippen LogP contribution in [-0.2, 0) is 0 Å². The monoisotopic (exact) mass is 317 g/mol. The van der Waals surface area contributed by atoms with Crippen molar-refractivity contribution < 1.29 is 29.0 Å². The first-order chi connectivity index (χ1) is 10.9. The minimum absolute atomic E-state index is 0.179. The quantitative estimate of drug-likeness (QED) is 0.481. The molecule has 1 aromatic carbocycles. The third-order valence-corrected chi connectivity index (χ3v) is 2.70. The van der Waals surface area contributed by atoms with E-state index in [9.17, 15) is 14.4 Å². The summed E-state index contributed by atoms with van der Waals surface area (Å²) in [6.07, 6.45) is 1.19. The third-order valence-electron chi connectivity index (χ3n) is 2.70. The maximum Gasteiger partial charge on any atom is 0.335 e. The molecule has 9 nitrogen and oxygen atoms in total. The average Bonchev–Trinajstić information content (AvgIpc) is 2.95. The number of carbonyl (C=O) groups is 3. The van der Waals surface area contributed by atoms with Crippen LogP contribution in [0.4, 0.5) is 4.79 Å². The SMILES string of the molecule is NC(=O)NN=Cc1ccc(-c2cc(C(=O)O)cc(C(=O)O)c2)o1. The van der Waals surface area contributed by atoms with Gasteiger partial charge in [-0.15, -0.1) is 0 Å². The highest BCUT2D eigenvalue weighted by Gasteiger charge is 2.14. The molecule has 2 amide bonds. The molecular formula is C14H11N3O6. The van der Waals surface area contributed by atoms with Gasteiger partial charge in [-0.3, -0.25) is 0 Å². The van der Waals surface area contributed by atoms with Crippen LogP contribution >= 0.6 is 0 Å². The highest BCUT2D eigenvalue weighted by atomic mass is 16.4. The molecule has 0 spiro atoms. The Morgan fingerprint density at radius 1 is 1.09 bits per heavy atom. The number of amides is 2. The lowest BCUT2D eigenvalue weighted by molar-refractivity contribution is 0.0696. The number of carbonyl (C=O) groups excluding carboxylic acids is 1. The second-order valence-corrected chi connectivity index (χ2v) is 4.35. The minimum atomic E-state index is -1.26. The molecule has 2 rings (SSSR count). The Balaban J connectivity index is 2.36. The number of nitrogens with two attached hydrogens (primary N) is 1. The summed E-state index contributed by atoms with van der Waals surface area (Å²) in [7, 11) is 0. The number of carboxylic acids is 2. The Morgan fingerprint density at radius 2 is 1.70 bits per heavy atom. The first-order valence-corrected chi connectivity index (χ1v) is 6.17. The summed E-state index contributed by atoms with van der Waals surface area (Å²) in [5.74, 6) is -2.01. The van der Waals surface area contributed by atoms with Gasteiger partial charge in [0.2, 0.25) is 0 Å². The fraction of sp³-hybridized carbons (Fsp3) is 0. The van der Waals surface area contributed by atoms with E-state index in [1.165, 1.54) is 30.5 Å². The highest BCUT2D eigenvalue weighted by Crippen LogP contribution is 2.24. The van der Waals surface area contributed by atoms with E-state index in [1.807, 2.05) is 5.43 Å². The number of hydrazone groups is 1. The number of benzene rings is 1. The van der Waals surface area contributed by atoms with Crippen LogP contribution in [0.25, 0.3) is 11.3 Å². The number of urea groups is 1. The zero-order chi connectivity index (χ0) is 17.0. The standard InChI is InChI=1S/C14H11N3O6/c15-14(22)17-16-6-10-1-2-11(23-10)7-3-8(12(18)19)5-9(4-7)13(20)21/h1-6H,(H,18,19)(H,20,21)(H3,15,17,22). The maximum atomic E-state index is 11.1. The molecule has 0 aliphatic heterocycles. The summed E-state index contributed by atoms with van der Waals surface area (Å²) in [5.41, 5.74) is 6.75. The molecule has 0 fully saturated rings. The van der Waals surface area contributed by atoms with Crippen molar-refractivity contribution in [2.45, 2.75) is 0 Å². The van der Waals surface area contributed by atoms with Gasteiger partial charge in [0.15, 0.2) is 0 Å². The first-order valence-electron chi connectivity index (χ1n) is 6.17. The number of nitrogens with one attached hydrogen (secondary N) is 1. The number of hydrogen-bond acceptors (Lipinski definition) is 5. The van der Waals surface area contributed by atoms with E-state index >= 15 is 0 Å². The van der Waals surface area contributed by atoms with E-state index in [0.717, 1.165) is 6.07 Å². The molecular weight excluding hydrogens is 306 g/mol. The normalized spacial score (nSPS) is 10.6. The van der Waals surface area contributed by atoms with Crippen molar-refractivity contribution >= 4 is 24.2 Å². The average molecular weight is 317 g/mol. The molecule has 1 aromatic heterocycles. The van der Waals surface area contributed by atoms with Crippen molar-refractivity contribution in [1.29, 1.82) is 0 Å². The number of rotatable bonds is 5. The lowest BCUT2D eigenvalue weighted by atomic mass is 10.0. The largest absolute Gasteiger partial charge is 0.478 e. The van der Waals surface area contributed by atoms with Crippen molar-refractivity contribution in [3.63, 3.8) is 0 Å². The minimum Gasteiger partial charge on any atom is -0.478 e. The molecule has 0 bridgehead atoms. The molecule has 118 valence electrons. The topological polar surface area (TPSA) is 155 Å². The second-order valence-electron chi connectivity index (χ2n) is 4.35. The molecule has 9 heteroatoms.